The number of alkyl halides is 3. The fraction of sp³-hybridized carbons (Fsp3) is 0.135. The Hall–Kier alpha value is -12.0. The van der Waals surface area contributed by atoms with Crippen molar-refractivity contribution in [3.05, 3.63) is 385 Å². The third kappa shape index (κ3) is 42.5. The summed E-state index contributed by atoms with van der Waals surface area (Å²) in [6.45, 7) is 18.4. The van der Waals surface area contributed by atoms with Crippen molar-refractivity contribution in [2.24, 2.45) is 0 Å². The second-order valence-electron chi connectivity index (χ2n) is 27.6. The Bertz CT molecular complexity index is 6190. The molecule has 685 valence electrons. The summed E-state index contributed by atoms with van der Waals surface area (Å²) in [6, 6.07) is 97.2. The van der Waals surface area contributed by atoms with E-state index in [4.69, 9.17) is 30.3 Å². The molecule has 0 saturated carbocycles. The van der Waals surface area contributed by atoms with Crippen LogP contribution in [0.4, 0.5) is 22.0 Å². The maximum absolute atomic E-state index is 13.6. The number of ether oxygens (including phenoxy) is 1. The fourth-order valence-electron chi connectivity index (χ4n) is 11.2. The Morgan fingerprint density at radius 1 is 0.331 bits per heavy atom. The summed E-state index contributed by atoms with van der Waals surface area (Å²) in [5, 5.41) is 47.3. The van der Waals surface area contributed by atoms with Gasteiger partial charge in [-0.05, 0) is 161 Å². The van der Waals surface area contributed by atoms with Crippen LogP contribution in [0.5, 0.6) is 5.75 Å². The van der Waals surface area contributed by atoms with Gasteiger partial charge < -0.3 is 30.3 Å². The number of fused-ring (bicyclic) bond motifs is 5. The summed E-state index contributed by atoms with van der Waals surface area (Å²) in [5.41, 5.74) is 14.1. The molecule has 5 heterocycles. The molecule has 15 aromatic rings. The van der Waals surface area contributed by atoms with E-state index >= 15 is 0 Å². The number of hydrogen-bond donors (Lipinski definition) is 5. The van der Waals surface area contributed by atoms with E-state index in [1.165, 1.54) is 128 Å². The van der Waals surface area contributed by atoms with Crippen molar-refractivity contribution < 1.29 is 177 Å². The van der Waals surface area contributed by atoms with Crippen LogP contribution in [0.2, 0.25) is 0 Å². The number of aromatic nitrogens is 5. The second-order valence-corrected chi connectivity index (χ2v) is 27.6. The Labute approximate surface area is 821 Å². The molecule has 0 aliphatic heterocycles. The molecule has 0 bridgehead atoms. The first-order valence-corrected chi connectivity index (χ1v) is 38.6. The number of pyridine rings is 5. The van der Waals surface area contributed by atoms with E-state index in [1.807, 2.05) is 170 Å². The molecule has 0 atom stereocenters. The summed E-state index contributed by atoms with van der Waals surface area (Å²) >= 11 is 0. The number of hydrogen-bond acceptors (Lipinski definition) is 16. The molecule has 10 aromatic carbocycles. The van der Waals surface area contributed by atoms with Gasteiger partial charge in [-0.1, -0.05) is 177 Å². The standard InChI is InChI=1S/C16H9F3N.C16H12NO.2C16H12N.C15H8F2N.5C5H8O2.5Ir/c17-16(18,19)13-8-5-12(6-9-13)15-10-7-11-3-1-2-4-14(11)20-15;1-18-14-7-4-6-13(11-14)16-10-9-12-5-2-3-8-15(12)17-16;1-12-6-2-4-8-14(12)16-11-10-13-7-3-5-9-15(13)17-16;1-12-5-4-7-14(11-12)16-10-9-13-6-2-3-8-15(13)17-16;16-11-6-7-12(13(17)9-11)15-8-5-10-3-1-2-4-14(10)18-15;5*1-4(6)3-5(2)7;;;;;/h1-5,7-10H;2-5,7-11H,1H3;2-7,9-11H,1H3;2-6,8-11H,1H3;1-6,8-9H;5*3,6H,1-2H3;;;;;/q5*-1;;;;;;;;;;. The van der Waals surface area contributed by atoms with Crippen LogP contribution < -0.4 is 4.74 Å². The molecule has 15 rings (SSSR count). The number of carbonyl (C=O) groups excluding carboxylic acids is 5. The van der Waals surface area contributed by atoms with Crippen LogP contribution in [-0.2, 0) is 131 Å². The normalized spacial score (nSPS) is 10.6. The first kappa shape index (κ1) is 116. The minimum absolute atomic E-state index is 0. The second kappa shape index (κ2) is 60.0. The maximum Gasteiger partial charge on any atom is 0.381 e. The number of nitrogens with zero attached hydrogens (tertiary/aromatic N) is 5. The van der Waals surface area contributed by atoms with E-state index in [2.05, 4.69) is 124 Å². The number of halogens is 5. The molecule has 0 spiro atoms. The topological polar surface area (TPSA) is 260 Å². The third-order valence-electron chi connectivity index (χ3n) is 16.4. The van der Waals surface area contributed by atoms with Gasteiger partial charge in [-0.15, -0.1) is 143 Å². The number of aryl methyl sites for hydroxylation is 2. The zero-order valence-electron chi connectivity index (χ0n) is 72.8. The summed E-state index contributed by atoms with van der Waals surface area (Å²) in [5.74, 6) is -0.791. The first-order chi connectivity index (χ1) is 59.4. The van der Waals surface area contributed by atoms with E-state index < -0.39 is 23.4 Å². The molecule has 130 heavy (non-hydrogen) atoms. The van der Waals surface area contributed by atoms with Gasteiger partial charge in [-0.3, -0.25) is 57.7 Å². The molecule has 26 heteroatoms. The van der Waals surface area contributed by atoms with E-state index in [-0.39, 0.29) is 164 Å². The van der Waals surface area contributed by atoms with Crippen LogP contribution in [0, 0.1) is 55.8 Å². The smallest absolute Gasteiger partial charge is 0.381 e. The third-order valence-corrected chi connectivity index (χ3v) is 16.4. The van der Waals surface area contributed by atoms with Crippen LogP contribution >= 0.6 is 0 Å². The molecule has 5 radical (unpaired) electrons. The molecule has 16 nitrogen and oxygen atoms in total. The number of carbonyl (C=O) groups is 5. The van der Waals surface area contributed by atoms with E-state index in [1.54, 1.807) is 19.2 Å². The average Bonchev–Trinajstić information content (AvgIpc) is 0.819. The summed E-state index contributed by atoms with van der Waals surface area (Å²) < 4.78 is 69.1. The van der Waals surface area contributed by atoms with Crippen molar-refractivity contribution in [2.75, 3.05) is 7.11 Å². The van der Waals surface area contributed by atoms with E-state index in [0.29, 0.717) is 17.0 Å². The van der Waals surface area contributed by atoms with Crippen LogP contribution in [0.15, 0.2) is 326 Å². The Kier molecular flexibility index (Phi) is 53.5. The molecule has 5 N–H and O–H groups in total. The Morgan fingerprint density at radius 2 is 0.654 bits per heavy atom. The fourth-order valence-corrected chi connectivity index (χ4v) is 11.2. The van der Waals surface area contributed by atoms with Crippen molar-refractivity contribution in [3.63, 3.8) is 0 Å². The SMILES string of the molecule is CC(=O)C=C(C)O.CC(=O)C=C(C)O.CC(=O)C=C(C)O.CC(=O)C=C(C)O.CC(=O)C=C(C)O.COc1cc[c-]c(-c2ccc3ccccc3n2)c1.Cc1cc[c-]c(-c2ccc3ccccc3n2)c1.Cc1ccc[c-]c1-c1ccc2ccccc2n1.FC(F)(F)c1c[c-]c(-c2ccc3ccccc3n2)cc1.Fc1c[c-]c(-c2ccc3ccccc3n2)c(F)c1.[Ir].[Ir].[Ir].[Ir].[Ir]. The zero-order valence-corrected chi connectivity index (χ0v) is 84.7. The van der Waals surface area contributed by atoms with Gasteiger partial charge in [0.05, 0.1) is 63.5 Å². The Morgan fingerprint density at radius 3 is 0.954 bits per heavy atom. The van der Waals surface area contributed by atoms with Gasteiger partial charge in [0.25, 0.3) is 0 Å². The Balaban J connectivity index is 0.000000739. The first-order valence-electron chi connectivity index (χ1n) is 38.6. The van der Waals surface area contributed by atoms with E-state index in [0.717, 1.165) is 108 Å². The minimum atomic E-state index is -4.34. The molecular weight excluding hydrogens is 2550 g/mol. The summed E-state index contributed by atoms with van der Waals surface area (Å²) in [6.07, 6.45) is 1.49. The molecule has 0 unspecified atom stereocenters. The molecule has 0 fully saturated rings. The largest absolute Gasteiger partial charge is 0.516 e. The van der Waals surface area contributed by atoms with Crippen LogP contribution in [0.25, 0.3) is 111 Å². The molecule has 0 aliphatic carbocycles. The van der Waals surface area contributed by atoms with Gasteiger partial charge in [0.15, 0.2) is 28.9 Å². The minimum Gasteiger partial charge on any atom is -0.516 e. The summed E-state index contributed by atoms with van der Waals surface area (Å²) in [7, 11) is 1.66. The van der Waals surface area contributed by atoms with Crippen molar-refractivity contribution in [1.29, 1.82) is 0 Å². The van der Waals surface area contributed by atoms with Crippen molar-refractivity contribution in [1.82, 2.24) is 24.9 Å². The predicted molar refractivity (Wildman–Crippen MR) is 486 cm³/mol. The predicted octanol–water partition coefficient (Wildman–Crippen LogP) is 25.6. The number of ketones is 5. The quantitative estimate of drug-likeness (QED) is 0.0349. The van der Waals surface area contributed by atoms with E-state index in [9.17, 15) is 45.9 Å². The van der Waals surface area contributed by atoms with Crippen molar-refractivity contribution in [3.8, 4) is 62.0 Å². The number of aliphatic hydroxyl groups is 5. The van der Waals surface area contributed by atoms with Gasteiger partial charge in [0, 0.05) is 148 Å². The number of para-hydroxylation sites is 5. The average molecular weight is 2640 g/mol. The molecule has 0 saturated heterocycles. The van der Waals surface area contributed by atoms with Crippen LogP contribution in [-0.4, -0.2) is 86.5 Å². The molecule has 5 aromatic heterocycles. The number of aliphatic hydroxyl groups excluding tert-OH is 5. The van der Waals surface area contributed by atoms with Crippen molar-refractivity contribution in [2.45, 2.75) is 89.3 Å². The van der Waals surface area contributed by atoms with Gasteiger partial charge in [-0.25, -0.2) is 0 Å². The molecule has 0 amide bonds. The molecule has 0 aliphatic rings. The van der Waals surface area contributed by atoms with Gasteiger partial charge in [0.2, 0.25) is 0 Å². The number of allylic oxidation sites excluding steroid dienone is 10. The maximum atomic E-state index is 13.6. The number of methoxy groups -OCH3 is 1. The van der Waals surface area contributed by atoms with Gasteiger partial charge >= 0.3 is 6.18 Å². The zero-order chi connectivity index (χ0) is 91.7. The van der Waals surface area contributed by atoms with Gasteiger partial charge in [0.1, 0.15) is 0 Å². The van der Waals surface area contributed by atoms with Crippen molar-refractivity contribution >= 4 is 83.4 Å². The number of rotatable bonds is 11. The number of benzene rings is 10. The monoisotopic (exact) mass is 2650 g/mol. The summed E-state index contributed by atoms with van der Waals surface area (Å²) in [4.78, 5) is 72.8. The van der Waals surface area contributed by atoms with Gasteiger partial charge in [-0.2, -0.15) is 13.2 Å². The van der Waals surface area contributed by atoms with Crippen LogP contribution in [0.3, 0.4) is 0 Å². The molecular formula is C104H93F5Ir5N5O11-5. The van der Waals surface area contributed by atoms with Crippen LogP contribution in [0.1, 0.15) is 85.9 Å².